The van der Waals surface area contributed by atoms with Gasteiger partial charge >= 0.3 is 0 Å². The Bertz CT molecular complexity index is 680. The summed E-state index contributed by atoms with van der Waals surface area (Å²) >= 11 is 11.8. The highest BCUT2D eigenvalue weighted by Gasteiger charge is 2.12. The van der Waals surface area contributed by atoms with Crippen molar-refractivity contribution in [3.8, 4) is 5.75 Å². The van der Waals surface area contributed by atoms with Gasteiger partial charge in [-0.2, -0.15) is 0 Å². The van der Waals surface area contributed by atoms with Gasteiger partial charge in [0.05, 0.1) is 16.9 Å². The number of benzene rings is 1. The van der Waals surface area contributed by atoms with E-state index in [9.17, 15) is 9.90 Å². The third-order valence-electron chi connectivity index (χ3n) is 2.86. The number of halogens is 2. The number of aliphatic hydroxyl groups is 1. The van der Waals surface area contributed by atoms with E-state index in [-0.39, 0.29) is 23.9 Å². The molecule has 0 aliphatic rings. The fraction of sp³-hybridized carbons (Fsp3) is 0.267. The van der Waals surface area contributed by atoms with E-state index in [2.05, 4.69) is 15.3 Å². The molecule has 0 fully saturated rings. The van der Waals surface area contributed by atoms with Crippen LogP contribution >= 0.6 is 23.2 Å². The Morgan fingerprint density at radius 1 is 1.35 bits per heavy atom. The number of carbonyl (C=O) groups excluding carboxylic acids is 1. The lowest BCUT2D eigenvalue weighted by molar-refractivity contribution is 0.0839. The summed E-state index contributed by atoms with van der Waals surface area (Å²) in [4.78, 5) is 19.8. The van der Waals surface area contributed by atoms with Crippen LogP contribution in [0.4, 0.5) is 0 Å². The highest BCUT2D eigenvalue weighted by atomic mass is 35.5. The first-order chi connectivity index (χ1) is 11.0. The first kappa shape index (κ1) is 17.5. The molecule has 1 aromatic heterocycles. The molecule has 6 nitrogen and oxygen atoms in total. The van der Waals surface area contributed by atoms with Crippen LogP contribution in [0.25, 0.3) is 0 Å². The van der Waals surface area contributed by atoms with Gasteiger partial charge in [0.2, 0.25) is 0 Å². The molecule has 1 amide bonds. The predicted octanol–water partition coefficient (Wildman–Crippen LogP) is 2.26. The van der Waals surface area contributed by atoms with Crippen molar-refractivity contribution in [2.24, 2.45) is 0 Å². The van der Waals surface area contributed by atoms with Gasteiger partial charge in [0.15, 0.2) is 0 Å². The number of aryl methyl sites for hydroxylation is 1. The fourth-order valence-corrected chi connectivity index (χ4v) is 2.00. The lowest BCUT2D eigenvalue weighted by Gasteiger charge is -2.14. The number of nitrogens with one attached hydrogen (secondary N) is 1. The highest BCUT2D eigenvalue weighted by Crippen LogP contribution is 2.31. The number of nitrogens with zero attached hydrogens (tertiary/aromatic N) is 2. The van der Waals surface area contributed by atoms with E-state index < -0.39 is 12.0 Å². The summed E-state index contributed by atoms with van der Waals surface area (Å²) in [6.45, 7) is 1.74. The summed E-state index contributed by atoms with van der Waals surface area (Å²) in [7, 11) is 0. The van der Waals surface area contributed by atoms with Gasteiger partial charge in [0.1, 0.15) is 29.2 Å². The molecule has 122 valence electrons. The van der Waals surface area contributed by atoms with Crippen molar-refractivity contribution in [2.45, 2.75) is 13.0 Å². The SMILES string of the molecule is Cc1cnc(C(=O)NC[C@@H](O)COc2cccc(Cl)c2Cl)cn1. The van der Waals surface area contributed by atoms with E-state index in [0.717, 1.165) is 0 Å². The Labute approximate surface area is 143 Å². The van der Waals surface area contributed by atoms with Crippen molar-refractivity contribution < 1.29 is 14.6 Å². The van der Waals surface area contributed by atoms with Gasteiger partial charge in [-0.25, -0.2) is 4.98 Å². The van der Waals surface area contributed by atoms with Crippen molar-refractivity contribution in [1.82, 2.24) is 15.3 Å². The van der Waals surface area contributed by atoms with Crippen LogP contribution in [-0.4, -0.2) is 40.2 Å². The van der Waals surface area contributed by atoms with Crippen LogP contribution in [0.3, 0.4) is 0 Å². The van der Waals surface area contributed by atoms with Crippen LogP contribution in [0.15, 0.2) is 30.6 Å². The molecule has 0 aliphatic heterocycles. The molecule has 0 saturated carbocycles. The van der Waals surface area contributed by atoms with Crippen molar-refractivity contribution in [1.29, 1.82) is 0 Å². The van der Waals surface area contributed by atoms with Crippen LogP contribution < -0.4 is 10.1 Å². The van der Waals surface area contributed by atoms with Crippen LogP contribution in [0.1, 0.15) is 16.2 Å². The van der Waals surface area contributed by atoms with Gasteiger partial charge in [0.25, 0.3) is 5.91 Å². The van der Waals surface area contributed by atoms with Gasteiger partial charge in [0, 0.05) is 12.7 Å². The second-order valence-electron chi connectivity index (χ2n) is 4.77. The lowest BCUT2D eigenvalue weighted by atomic mass is 10.3. The van der Waals surface area contributed by atoms with Gasteiger partial charge in [-0.05, 0) is 19.1 Å². The summed E-state index contributed by atoms with van der Waals surface area (Å²) in [6.07, 6.45) is 1.96. The molecular weight excluding hydrogens is 341 g/mol. The summed E-state index contributed by atoms with van der Waals surface area (Å²) in [5.41, 5.74) is 0.898. The van der Waals surface area contributed by atoms with Gasteiger partial charge in [-0.1, -0.05) is 29.3 Å². The van der Waals surface area contributed by atoms with Crippen LogP contribution in [0, 0.1) is 6.92 Å². The number of hydrogen-bond donors (Lipinski definition) is 2. The van der Waals surface area contributed by atoms with Crippen LogP contribution in [0.2, 0.25) is 10.0 Å². The second kappa shape index (κ2) is 8.10. The molecule has 0 unspecified atom stereocenters. The van der Waals surface area contributed by atoms with E-state index in [4.69, 9.17) is 27.9 Å². The van der Waals surface area contributed by atoms with Crippen molar-refractivity contribution >= 4 is 29.1 Å². The minimum absolute atomic E-state index is 0.00652. The maximum absolute atomic E-state index is 11.8. The second-order valence-corrected chi connectivity index (χ2v) is 5.55. The molecule has 0 spiro atoms. The summed E-state index contributed by atoms with van der Waals surface area (Å²) < 4.78 is 5.39. The fourth-order valence-electron chi connectivity index (χ4n) is 1.65. The van der Waals surface area contributed by atoms with E-state index in [1.165, 1.54) is 12.4 Å². The Morgan fingerprint density at radius 3 is 2.83 bits per heavy atom. The first-order valence-electron chi connectivity index (χ1n) is 6.79. The van der Waals surface area contributed by atoms with Gasteiger partial charge in [-0.15, -0.1) is 0 Å². The number of hydrogen-bond acceptors (Lipinski definition) is 5. The van der Waals surface area contributed by atoms with Crippen molar-refractivity contribution in [3.05, 3.63) is 52.0 Å². The topological polar surface area (TPSA) is 84.3 Å². The number of carbonyl (C=O) groups is 1. The van der Waals surface area contributed by atoms with E-state index in [0.29, 0.717) is 16.5 Å². The van der Waals surface area contributed by atoms with Gasteiger partial charge in [-0.3, -0.25) is 9.78 Å². The zero-order chi connectivity index (χ0) is 16.8. The molecule has 0 aliphatic carbocycles. The maximum atomic E-state index is 11.8. The Kier molecular flexibility index (Phi) is 6.15. The third kappa shape index (κ3) is 5.06. The molecule has 2 N–H and O–H groups in total. The number of rotatable bonds is 6. The Balaban J connectivity index is 1.81. The van der Waals surface area contributed by atoms with Crippen molar-refractivity contribution in [2.75, 3.05) is 13.2 Å². The number of amides is 1. The quantitative estimate of drug-likeness (QED) is 0.830. The zero-order valence-electron chi connectivity index (χ0n) is 12.3. The molecule has 0 bridgehead atoms. The molecule has 2 aromatic rings. The average molecular weight is 356 g/mol. The first-order valence-corrected chi connectivity index (χ1v) is 7.54. The van der Waals surface area contributed by atoms with E-state index in [1.54, 1.807) is 25.1 Å². The van der Waals surface area contributed by atoms with E-state index in [1.807, 2.05) is 0 Å². The summed E-state index contributed by atoms with van der Waals surface area (Å²) in [5.74, 6) is -0.0497. The minimum Gasteiger partial charge on any atom is -0.489 e. The molecular formula is C15H15Cl2N3O3. The standard InChI is InChI=1S/C15H15Cl2N3O3/c1-9-5-19-12(7-18-9)15(22)20-6-10(21)8-23-13-4-2-3-11(16)14(13)17/h2-5,7,10,21H,6,8H2,1H3,(H,20,22)/t10-/m1/s1. The monoisotopic (exact) mass is 355 g/mol. The Morgan fingerprint density at radius 2 is 2.13 bits per heavy atom. The van der Waals surface area contributed by atoms with Crippen molar-refractivity contribution in [3.63, 3.8) is 0 Å². The maximum Gasteiger partial charge on any atom is 0.271 e. The molecule has 0 saturated heterocycles. The number of ether oxygens (including phenoxy) is 1. The van der Waals surface area contributed by atoms with Crippen LogP contribution in [0.5, 0.6) is 5.75 Å². The molecule has 0 radical (unpaired) electrons. The minimum atomic E-state index is -0.910. The largest absolute Gasteiger partial charge is 0.489 e. The average Bonchev–Trinajstić information content (AvgIpc) is 2.54. The summed E-state index contributed by atoms with van der Waals surface area (Å²) in [6, 6.07) is 4.96. The molecule has 1 atom stereocenters. The number of aliphatic hydroxyl groups excluding tert-OH is 1. The lowest BCUT2D eigenvalue weighted by Crippen LogP contribution is -2.35. The summed E-state index contributed by atoms with van der Waals surface area (Å²) in [5, 5.41) is 13.1. The smallest absolute Gasteiger partial charge is 0.271 e. The normalized spacial score (nSPS) is 11.8. The molecule has 8 heteroatoms. The number of aromatic nitrogens is 2. The van der Waals surface area contributed by atoms with Crippen LogP contribution in [-0.2, 0) is 0 Å². The molecule has 1 aromatic carbocycles. The van der Waals surface area contributed by atoms with Gasteiger partial charge < -0.3 is 15.2 Å². The molecule has 1 heterocycles. The predicted molar refractivity (Wildman–Crippen MR) is 87.1 cm³/mol. The Hall–Kier alpha value is -1.89. The molecule has 2 rings (SSSR count). The highest BCUT2D eigenvalue weighted by molar-refractivity contribution is 6.42. The molecule has 23 heavy (non-hydrogen) atoms. The zero-order valence-corrected chi connectivity index (χ0v) is 13.8. The third-order valence-corrected chi connectivity index (χ3v) is 3.66. The van der Waals surface area contributed by atoms with E-state index >= 15 is 0 Å².